The monoisotopic (exact) mass is 312 g/mol. The van der Waals surface area contributed by atoms with Gasteiger partial charge in [0.2, 0.25) is 0 Å². The van der Waals surface area contributed by atoms with Crippen LogP contribution in [0.25, 0.3) is 0 Å². The first-order chi connectivity index (χ1) is 10.2. The van der Waals surface area contributed by atoms with Crippen molar-refractivity contribution in [3.8, 4) is 0 Å². The Morgan fingerprint density at radius 2 is 2.05 bits per heavy atom. The summed E-state index contributed by atoms with van der Waals surface area (Å²) in [7, 11) is 1.62. The lowest BCUT2D eigenvalue weighted by Gasteiger charge is -2.20. The van der Waals surface area contributed by atoms with Gasteiger partial charge in [0.15, 0.2) is 0 Å². The van der Waals surface area contributed by atoms with Gasteiger partial charge in [0.1, 0.15) is 11.4 Å². The molecule has 0 saturated carbocycles. The van der Waals surface area contributed by atoms with Crippen molar-refractivity contribution in [1.82, 2.24) is 0 Å². The maximum Gasteiger partial charge on any atom is 0.412 e. The summed E-state index contributed by atoms with van der Waals surface area (Å²) in [6.45, 7) is 7.86. The minimum Gasteiger partial charge on any atom is -0.444 e. The van der Waals surface area contributed by atoms with E-state index in [0.29, 0.717) is 18.0 Å². The molecule has 0 spiro atoms. The summed E-state index contributed by atoms with van der Waals surface area (Å²) in [5.74, 6) is -0.376. The predicted octanol–water partition coefficient (Wildman–Crippen LogP) is 4.01. The molecule has 0 radical (unpaired) electrons. The smallest absolute Gasteiger partial charge is 0.412 e. The fourth-order valence-corrected chi connectivity index (χ4v) is 1.77. The molecule has 0 aliphatic heterocycles. The highest BCUT2D eigenvalue weighted by Crippen LogP contribution is 2.21. The van der Waals surface area contributed by atoms with E-state index >= 15 is 0 Å². The van der Waals surface area contributed by atoms with E-state index in [1.165, 1.54) is 12.1 Å². The van der Waals surface area contributed by atoms with Crippen molar-refractivity contribution in [1.29, 1.82) is 0 Å². The van der Waals surface area contributed by atoms with Gasteiger partial charge in [-0.05, 0) is 52.3 Å². The normalized spacial score (nSPS) is 12.6. The number of carbonyl (C=O) groups excluding carboxylic acids is 1. The van der Waals surface area contributed by atoms with Gasteiger partial charge in [-0.25, -0.2) is 9.18 Å². The molecule has 0 aliphatic rings. The van der Waals surface area contributed by atoms with Crippen LogP contribution in [0.1, 0.15) is 34.1 Å². The van der Waals surface area contributed by atoms with Gasteiger partial charge in [-0.1, -0.05) is 0 Å². The maximum absolute atomic E-state index is 13.8. The van der Waals surface area contributed by atoms with Crippen LogP contribution in [-0.4, -0.2) is 31.5 Å². The Hall–Kier alpha value is -1.82. The van der Waals surface area contributed by atoms with Crippen molar-refractivity contribution in [2.24, 2.45) is 0 Å². The van der Waals surface area contributed by atoms with E-state index < -0.39 is 11.7 Å². The van der Waals surface area contributed by atoms with Gasteiger partial charge >= 0.3 is 6.09 Å². The van der Waals surface area contributed by atoms with Crippen molar-refractivity contribution in [2.45, 2.75) is 45.8 Å². The molecule has 1 rings (SSSR count). The van der Waals surface area contributed by atoms with Crippen LogP contribution in [0.4, 0.5) is 20.6 Å². The summed E-state index contributed by atoms with van der Waals surface area (Å²) < 4.78 is 24.0. The average molecular weight is 312 g/mol. The molecule has 0 heterocycles. The minimum absolute atomic E-state index is 0.0474. The number of hydrogen-bond acceptors (Lipinski definition) is 4. The van der Waals surface area contributed by atoms with E-state index in [0.717, 1.165) is 6.42 Å². The highest BCUT2D eigenvalue weighted by Gasteiger charge is 2.16. The van der Waals surface area contributed by atoms with Crippen molar-refractivity contribution in [2.75, 3.05) is 24.4 Å². The minimum atomic E-state index is -0.583. The largest absolute Gasteiger partial charge is 0.444 e. The van der Waals surface area contributed by atoms with E-state index in [1.54, 1.807) is 33.9 Å². The lowest BCUT2D eigenvalue weighted by atomic mass is 10.2. The van der Waals surface area contributed by atoms with Gasteiger partial charge in [-0.2, -0.15) is 0 Å². The SMILES string of the molecule is COCCC(C)Nc1cc(NC(=O)OC(C)(C)C)ccc1F. The molecule has 6 heteroatoms. The third-order valence-electron chi connectivity index (χ3n) is 2.77. The van der Waals surface area contributed by atoms with E-state index in [9.17, 15) is 9.18 Å². The summed E-state index contributed by atoms with van der Waals surface area (Å²) >= 11 is 0. The number of hydrogen-bond donors (Lipinski definition) is 2. The highest BCUT2D eigenvalue weighted by atomic mass is 19.1. The molecule has 124 valence electrons. The van der Waals surface area contributed by atoms with E-state index in [-0.39, 0.29) is 11.9 Å². The summed E-state index contributed by atoms with van der Waals surface area (Å²) in [6.07, 6.45) is 0.178. The van der Waals surface area contributed by atoms with Gasteiger partial charge in [0.25, 0.3) is 0 Å². The standard InChI is InChI=1S/C16H25FN2O3/c1-11(8-9-21-5)18-14-10-12(6-7-13(14)17)19-15(20)22-16(2,3)4/h6-7,10-11,18H,8-9H2,1-5H3,(H,19,20). The first kappa shape index (κ1) is 18.2. The molecule has 0 aliphatic carbocycles. The Morgan fingerprint density at radius 1 is 1.36 bits per heavy atom. The van der Waals surface area contributed by atoms with Crippen LogP contribution in [0, 0.1) is 5.82 Å². The molecule has 1 unspecified atom stereocenters. The van der Waals surface area contributed by atoms with Crippen molar-refractivity contribution in [3.05, 3.63) is 24.0 Å². The van der Waals surface area contributed by atoms with Crippen LogP contribution < -0.4 is 10.6 Å². The maximum atomic E-state index is 13.8. The Labute approximate surface area is 131 Å². The molecule has 1 amide bonds. The second-order valence-corrected chi connectivity index (χ2v) is 6.15. The molecule has 1 aromatic carbocycles. The van der Waals surface area contributed by atoms with E-state index in [2.05, 4.69) is 10.6 Å². The number of amides is 1. The second kappa shape index (κ2) is 7.98. The van der Waals surface area contributed by atoms with Gasteiger partial charge in [-0.15, -0.1) is 0 Å². The Morgan fingerprint density at radius 3 is 2.64 bits per heavy atom. The van der Waals surface area contributed by atoms with Crippen LogP contribution >= 0.6 is 0 Å². The van der Waals surface area contributed by atoms with Gasteiger partial charge < -0.3 is 14.8 Å². The molecule has 0 bridgehead atoms. The van der Waals surface area contributed by atoms with Gasteiger partial charge in [0.05, 0.1) is 5.69 Å². The highest BCUT2D eigenvalue weighted by molar-refractivity contribution is 5.85. The molecule has 0 saturated heterocycles. The number of benzene rings is 1. The number of nitrogens with one attached hydrogen (secondary N) is 2. The molecule has 5 nitrogen and oxygen atoms in total. The van der Waals surface area contributed by atoms with Crippen LogP contribution in [0.5, 0.6) is 0 Å². The van der Waals surface area contributed by atoms with Crippen molar-refractivity contribution < 1.29 is 18.7 Å². The number of halogens is 1. The lowest BCUT2D eigenvalue weighted by molar-refractivity contribution is 0.0636. The summed E-state index contributed by atoms with van der Waals surface area (Å²) in [4.78, 5) is 11.7. The quantitative estimate of drug-likeness (QED) is 0.833. The van der Waals surface area contributed by atoms with Gasteiger partial charge in [0, 0.05) is 25.4 Å². The Bertz CT molecular complexity index is 501. The molecule has 1 aromatic rings. The number of carbonyl (C=O) groups is 1. The summed E-state index contributed by atoms with van der Waals surface area (Å²) in [6, 6.07) is 4.39. The summed E-state index contributed by atoms with van der Waals surface area (Å²) in [5, 5.41) is 5.65. The zero-order chi connectivity index (χ0) is 16.8. The number of methoxy groups -OCH3 is 1. The first-order valence-electron chi connectivity index (χ1n) is 7.26. The topological polar surface area (TPSA) is 59.6 Å². The molecular weight excluding hydrogens is 287 g/mol. The van der Waals surface area contributed by atoms with E-state index in [1.807, 2.05) is 6.92 Å². The molecule has 0 fully saturated rings. The Balaban J connectivity index is 2.71. The second-order valence-electron chi connectivity index (χ2n) is 6.15. The summed E-state index contributed by atoms with van der Waals surface area (Å²) in [5.41, 5.74) is 0.217. The third-order valence-corrected chi connectivity index (χ3v) is 2.77. The van der Waals surface area contributed by atoms with Crippen molar-refractivity contribution in [3.63, 3.8) is 0 Å². The van der Waals surface area contributed by atoms with Crippen LogP contribution in [0.3, 0.4) is 0 Å². The fourth-order valence-electron chi connectivity index (χ4n) is 1.77. The molecule has 22 heavy (non-hydrogen) atoms. The Kier molecular flexibility index (Phi) is 6.61. The van der Waals surface area contributed by atoms with Crippen molar-refractivity contribution >= 4 is 17.5 Å². The zero-order valence-corrected chi connectivity index (χ0v) is 13.8. The number of ether oxygens (including phenoxy) is 2. The molecule has 0 aromatic heterocycles. The van der Waals surface area contributed by atoms with E-state index in [4.69, 9.17) is 9.47 Å². The molecular formula is C16H25FN2O3. The first-order valence-corrected chi connectivity index (χ1v) is 7.26. The molecule has 1 atom stereocenters. The number of rotatable bonds is 6. The third kappa shape index (κ3) is 6.76. The lowest BCUT2D eigenvalue weighted by Crippen LogP contribution is -2.27. The fraction of sp³-hybridized carbons (Fsp3) is 0.562. The van der Waals surface area contributed by atoms with Gasteiger partial charge in [-0.3, -0.25) is 5.32 Å². The average Bonchev–Trinajstić information content (AvgIpc) is 2.38. The van der Waals surface area contributed by atoms with Crippen LogP contribution in [0.2, 0.25) is 0 Å². The predicted molar refractivity (Wildman–Crippen MR) is 85.8 cm³/mol. The molecule has 2 N–H and O–H groups in total. The number of anilines is 2. The van der Waals surface area contributed by atoms with Crippen LogP contribution in [-0.2, 0) is 9.47 Å². The zero-order valence-electron chi connectivity index (χ0n) is 13.8. The van der Waals surface area contributed by atoms with Crippen LogP contribution in [0.15, 0.2) is 18.2 Å².